The smallest absolute Gasteiger partial charge is 0.243 e. The molecular formula is C23H35IN4O4. The van der Waals surface area contributed by atoms with Gasteiger partial charge in [-0.15, -0.1) is 24.0 Å². The average molecular weight is 558 g/mol. The highest BCUT2D eigenvalue weighted by molar-refractivity contribution is 14.0. The summed E-state index contributed by atoms with van der Waals surface area (Å²) in [5.41, 5.74) is 1.02. The van der Waals surface area contributed by atoms with Crippen molar-refractivity contribution in [1.29, 1.82) is 0 Å². The molecule has 0 saturated carbocycles. The number of furan rings is 1. The first kappa shape index (κ1) is 27.6. The van der Waals surface area contributed by atoms with E-state index in [2.05, 4.69) is 15.6 Å². The van der Waals surface area contributed by atoms with E-state index < -0.39 is 0 Å². The van der Waals surface area contributed by atoms with Gasteiger partial charge < -0.3 is 29.4 Å². The number of carbonyl (C=O) groups excluding carboxylic acids is 1. The molecule has 9 heteroatoms. The number of hydrogen-bond donors (Lipinski definition) is 2. The maximum Gasteiger partial charge on any atom is 0.243 e. The Kier molecular flexibility index (Phi) is 12.6. The summed E-state index contributed by atoms with van der Waals surface area (Å²) in [4.78, 5) is 18.0. The van der Waals surface area contributed by atoms with Crippen molar-refractivity contribution in [1.82, 2.24) is 15.5 Å². The minimum absolute atomic E-state index is 0. The predicted octanol–water partition coefficient (Wildman–Crippen LogP) is 3.62. The zero-order valence-electron chi connectivity index (χ0n) is 19.5. The Hall–Kier alpha value is -2.43. The lowest BCUT2D eigenvalue weighted by Gasteiger charge is -2.20. The molecule has 2 aromatic rings. The van der Waals surface area contributed by atoms with Crippen molar-refractivity contribution in [2.75, 3.05) is 40.4 Å². The number of amides is 1. The number of carbonyl (C=O) groups is 1. The second-order valence-corrected chi connectivity index (χ2v) is 7.15. The Labute approximate surface area is 207 Å². The minimum Gasteiger partial charge on any atom is -0.490 e. The zero-order valence-corrected chi connectivity index (χ0v) is 21.8. The number of nitrogens with one attached hydrogen (secondary N) is 2. The molecule has 178 valence electrons. The van der Waals surface area contributed by atoms with Crippen LogP contribution in [0.3, 0.4) is 0 Å². The van der Waals surface area contributed by atoms with Crippen LogP contribution in [0.4, 0.5) is 0 Å². The molecule has 1 aromatic carbocycles. The lowest BCUT2D eigenvalue weighted by molar-refractivity contribution is -0.127. The standard InChI is InChI=1S/C23H34N4O4.HI/c1-6-29-20-11-10-18(15-21(20)30-7-2)17(3)26-23(25-16-22(28)27(4)5)24-13-12-19-9-8-14-31-19;/h8-11,14-15,17H,6-7,12-13,16H2,1-5H3,(H2,24,25,26);1H. The molecule has 1 aromatic heterocycles. The van der Waals surface area contributed by atoms with Gasteiger partial charge >= 0.3 is 0 Å². The van der Waals surface area contributed by atoms with Gasteiger partial charge in [0.25, 0.3) is 0 Å². The van der Waals surface area contributed by atoms with Gasteiger partial charge in [0.05, 0.1) is 25.5 Å². The van der Waals surface area contributed by atoms with Crippen molar-refractivity contribution in [3.63, 3.8) is 0 Å². The van der Waals surface area contributed by atoms with Crippen LogP contribution in [0.2, 0.25) is 0 Å². The van der Waals surface area contributed by atoms with Gasteiger partial charge in [-0.3, -0.25) is 4.79 Å². The molecule has 1 atom stereocenters. The third kappa shape index (κ3) is 8.97. The Balaban J connectivity index is 0.00000512. The fourth-order valence-electron chi connectivity index (χ4n) is 2.83. The molecule has 0 aliphatic heterocycles. The van der Waals surface area contributed by atoms with Crippen molar-refractivity contribution in [3.05, 3.63) is 47.9 Å². The van der Waals surface area contributed by atoms with Crippen LogP contribution in [0.5, 0.6) is 11.5 Å². The van der Waals surface area contributed by atoms with E-state index in [1.807, 2.05) is 51.1 Å². The van der Waals surface area contributed by atoms with Crippen molar-refractivity contribution in [2.45, 2.75) is 33.2 Å². The van der Waals surface area contributed by atoms with E-state index in [-0.39, 0.29) is 42.5 Å². The average Bonchev–Trinajstić information content (AvgIpc) is 3.26. The van der Waals surface area contributed by atoms with Crippen molar-refractivity contribution < 1.29 is 18.7 Å². The molecule has 2 N–H and O–H groups in total. The van der Waals surface area contributed by atoms with Crippen LogP contribution < -0.4 is 20.1 Å². The van der Waals surface area contributed by atoms with Crippen LogP contribution in [-0.2, 0) is 11.2 Å². The molecule has 0 aliphatic rings. The maximum absolute atomic E-state index is 12.0. The molecule has 0 radical (unpaired) electrons. The highest BCUT2D eigenvalue weighted by Gasteiger charge is 2.13. The summed E-state index contributed by atoms with van der Waals surface area (Å²) in [7, 11) is 3.43. The van der Waals surface area contributed by atoms with E-state index in [1.54, 1.807) is 20.4 Å². The number of rotatable bonds is 11. The predicted molar refractivity (Wildman–Crippen MR) is 137 cm³/mol. The van der Waals surface area contributed by atoms with Gasteiger partial charge in [0, 0.05) is 27.1 Å². The van der Waals surface area contributed by atoms with E-state index in [9.17, 15) is 4.79 Å². The summed E-state index contributed by atoms with van der Waals surface area (Å²) in [6.07, 6.45) is 2.36. The number of halogens is 1. The Morgan fingerprint density at radius 3 is 2.50 bits per heavy atom. The lowest BCUT2D eigenvalue weighted by atomic mass is 10.1. The molecule has 8 nitrogen and oxygen atoms in total. The fraction of sp³-hybridized carbons (Fsp3) is 0.478. The van der Waals surface area contributed by atoms with E-state index in [0.29, 0.717) is 37.9 Å². The highest BCUT2D eigenvalue weighted by Crippen LogP contribution is 2.30. The number of nitrogens with zero attached hydrogens (tertiary/aromatic N) is 2. The van der Waals surface area contributed by atoms with Crippen LogP contribution in [0.15, 0.2) is 46.0 Å². The minimum atomic E-state index is -0.0702. The van der Waals surface area contributed by atoms with Crippen LogP contribution in [0, 0.1) is 0 Å². The largest absolute Gasteiger partial charge is 0.490 e. The van der Waals surface area contributed by atoms with Gasteiger partial charge in [-0.05, 0) is 50.6 Å². The van der Waals surface area contributed by atoms with E-state index >= 15 is 0 Å². The topological polar surface area (TPSA) is 88.3 Å². The summed E-state index contributed by atoms with van der Waals surface area (Å²) < 4.78 is 16.8. The fourth-order valence-corrected chi connectivity index (χ4v) is 2.83. The van der Waals surface area contributed by atoms with Gasteiger partial charge in [0.2, 0.25) is 5.91 Å². The molecule has 0 bridgehead atoms. The first-order valence-corrected chi connectivity index (χ1v) is 10.6. The van der Waals surface area contributed by atoms with E-state index in [0.717, 1.165) is 17.1 Å². The van der Waals surface area contributed by atoms with Crippen LogP contribution in [0.25, 0.3) is 0 Å². The highest BCUT2D eigenvalue weighted by atomic mass is 127. The number of benzene rings is 1. The molecule has 0 aliphatic carbocycles. The molecule has 0 fully saturated rings. The molecule has 0 spiro atoms. The van der Waals surface area contributed by atoms with Gasteiger partial charge in [-0.1, -0.05) is 6.07 Å². The lowest BCUT2D eigenvalue weighted by Crippen LogP contribution is -2.40. The summed E-state index contributed by atoms with van der Waals surface area (Å²) >= 11 is 0. The molecule has 1 heterocycles. The normalized spacial score (nSPS) is 11.8. The molecule has 1 amide bonds. The molecule has 2 rings (SSSR count). The Bertz CT molecular complexity index is 841. The van der Waals surface area contributed by atoms with Crippen LogP contribution >= 0.6 is 24.0 Å². The summed E-state index contributed by atoms with van der Waals surface area (Å²) in [6, 6.07) is 9.60. The van der Waals surface area contributed by atoms with Gasteiger partial charge in [0.15, 0.2) is 17.5 Å². The van der Waals surface area contributed by atoms with E-state index in [1.165, 1.54) is 4.90 Å². The van der Waals surface area contributed by atoms with Crippen LogP contribution in [-0.4, -0.2) is 57.2 Å². The van der Waals surface area contributed by atoms with Crippen molar-refractivity contribution in [2.24, 2.45) is 4.99 Å². The van der Waals surface area contributed by atoms with Gasteiger partial charge in [0.1, 0.15) is 12.3 Å². The monoisotopic (exact) mass is 558 g/mol. The number of likely N-dealkylation sites (N-methyl/N-ethyl adjacent to an activating group) is 1. The zero-order chi connectivity index (χ0) is 22.6. The van der Waals surface area contributed by atoms with Gasteiger partial charge in [-0.25, -0.2) is 4.99 Å². The second kappa shape index (κ2) is 14.6. The number of guanidine groups is 1. The third-order valence-electron chi connectivity index (χ3n) is 4.54. The SMILES string of the molecule is CCOc1ccc(C(C)NC(=NCC(=O)N(C)C)NCCc2ccco2)cc1OCC.I. The third-order valence-corrected chi connectivity index (χ3v) is 4.54. The summed E-state index contributed by atoms with van der Waals surface area (Å²) in [5, 5.41) is 6.65. The molecule has 32 heavy (non-hydrogen) atoms. The first-order chi connectivity index (χ1) is 14.9. The molecule has 1 unspecified atom stereocenters. The second-order valence-electron chi connectivity index (χ2n) is 7.15. The molecular weight excluding hydrogens is 523 g/mol. The number of hydrogen-bond acceptors (Lipinski definition) is 5. The first-order valence-electron chi connectivity index (χ1n) is 10.6. The number of ether oxygens (including phenoxy) is 2. The quantitative estimate of drug-likeness (QED) is 0.249. The maximum atomic E-state index is 12.0. The van der Waals surface area contributed by atoms with Crippen molar-refractivity contribution >= 4 is 35.8 Å². The molecule has 0 saturated heterocycles. The van der Waals surface area contributed by atoms with Crippen molar-refractivity contribution in [3.8, 4) is 11.5 Å². The van der Waals surface area contributed by atoms with E-state index in [4.69, 9.17) is 13.9 Å². The summed E-state index contributed by atoms with van der Waals surface area (Å²) in [5.74, 6) is 2.81. The number of aliphatic imine (C=N–C) groups is 1. The van der Waals surface area contributed by atoms with Gasteiger partial charge in [-0.2, -0.15) is 0 Å². The van der Waals surface area contributed by atoms with Crippen LogP contribution in [0.1, 0.15) is 38.1 Å². The Morgan fingerprint density at radius 2 is 1.88 bits per heavy atom. The summed E-state index contributed by atoms with van der Waals surface area (Å²) in [6.45, 7) is 7.73. The Morgan fingerprint density at radius 1 is 1.16 bits per heavy atom.